The number of amides is 2. The van der Waals surface area contributed by atoms with E-state index in [4.69, 9.17) is 10.5 Å². The minimum Gasteiger partial charge on any atom is -0.408 e. The van der Waals surface area contributed by atoms with Crippen LogP contribution in [0.5, 0.6) is 5.75 Å². The molecule has 0 aromatic heterocycles. The molecule has 6 heteroatoms. The molecule has 0 atom stereocenters. The third kappa shape index (κ3) is 5.48. The highest BCUT2D eigenvalue weighted by Gasteiger charge is 2.25. The Morgan fingerprint density at radius 1 is 1.07 bits per heavy atom. The average molecular weight is 405 g/mol. The van der Waals surface area contributed by atoms with Crippen LogP contribution >= 0.6 is 0 Å². The zero-order valence-electron chi connectivity index (χ0n) is 17.0. The number of benzene rings is 2. The maximum Gasteiger partial charge on any atom is 0.410 e. The van der Waals surface area contributed by atoms with E-state index in [-0.39, 0.29) is 11.7 Å². The highest BCUT2D eigenvalue weighted by Crippen LogP contribution is 2.31. The number of piperidine rings is 1. The van der Waals surface area contributed by atoms with Gasteiger partial charge in [-0.05, 0) is 61.4 Å². The van der Waals surface area contributed by atoms with Crippen LogP contribution in [0, 0.1) is 5.92 Å². The van der Waals surface area contributed by atoms with Gasteiger partial charge in [-0.15, -0.1) is 0 Å². The van der Waals surface area contributed by atoms with E-state index in [1.54, 1.807) is 24.3 Å². The van der Waals surface area contributed by atoms with Crippen LogP contribution in [0.4, 0.5) is 10.5 Å². The minimum absolute atomic E-state index is 0.215. The van der Waals surface area contributed by atoms with Crippen LogP contribution in [0.25, 0.3) is 6.08 Å². The van der Waals surface area contributed by atoms with Crippen LogP contribution in [-0.4, -0.2) is 36.5 Å². The molecule has 6 nitrogen and oxygen atoms in total. The normalized spacial score (nSPS) is 16.7. The van der Waals surface area contributed by atoms with Crippen molar-refractivity contribution in [2.24, 2.45) is 11.7 Å². The fourth-order valence-electron chi connectivity index (χ4n) is 3.76. The van der Waals surface area contributed by atoms with Crippen molar-refractivity contribution in [1.29, 1.82) is 0 Å². The average Bonchev–Trinajstić information content (AvgIpc) is 3.55. The number of nitrogens with one attached hydrogen (secondary N) is 1. The first kappa shape index (κ1) is 20.2. The molecular formula is C24H27N3O3. The zero-order valence-corrected chi connectivity index (χ0v) is 17.0. The van der Waals surface area contributed by atoms with Gasteiger partial charge in [0.15, 0.2) is 5.75 Å². The van der Waals surface area contributed by atoms with Crippen LogP contribution in [0.3, 0.4) is 0 Å². The highest BCUT2D eigenvalue weighted by molar-refractivity contribution is 6.05. The topological polar surface area (TPSA) is 84.7 Å². The molecule has 4 rings (SSSR count). The predicted octanol–water partition coefficient (Wildman–Crippen LogP) is 4.29. The lowest BCUT2D eigenvalue weighted by atomic mass is 10.00. The predicted molar refractivity (Wildman–Crippen MR) is 117 cm³/mol. The monoisotopic (exact) mass is 405 g/mol. The lowest BCUT2D eigenvalue weighted by Gasteiger charge is -2.28. The van der Waals surface area contributed by atoms with Gasteiger partial charge in [0, 0.05) is 25.2 Å². The first-order valence-corrected chi connectivity index (χ1v) is 10.5. The summed E-state index contributed by atoms with van der Waals surface area (Å²) in [5.74, 6) is 0.888. The van der Waals surface area contributed by atoms with Crippen molar-refractivity contribution in [1.82, 2.24) is 4.90 Å². The zero-order chi connectivity index (χ0) is 20.9. The Kier molecular flexibility index (Phi) is 6.14. The number of anilines is 1. The van der Waals surface area contributed by atoms with Gasteiger partial charge >= 0.3 is 6.09 Å². The van der Waals surface area contributed by atoms with Crippen LogP contribution < -0.4 is 15.8 Å². The summed E-state index contributed by atoms with van der Waals surface area (Å²) in [5.41, 5.74) is 8.58. The van der Waals surface area contributed by atoms with Crippen molar-refractivity contribution >= 4 is 23.8 Å². The number of nitrogens with two attached hydrogens (primary N) is 1. The lowest BCUT2D eigenvalue weighted by Crippen LogP contribution is -2.32. The number of carbonyl (C=O) groups excluding carboxylic acids is 2. The summed E-state index contributed by atoms with van der Waals surface area (Å²) in [7, 11) is 0. The molecule has 0 unspecified atom stereocenters. The quantitative estimate of drug-likeness (QED) is 0.751. The number of rotatable bonds is 6. The molecule has 2 amide bonds. The van der Waals surface area contributed by atoms with Gasteiger partial charge in [-0.1, -0.05) is 35.9 Å². The molecule has 2 aromatic carbocycles. The smallest absolute Gasteiger partial charge is 0.408 e. The van der Waals surface area contributed by atoms with Gasteiger partial charge in [-0.3, -0.25) is 4.79 Å². The number of ether oxygens (including phenoxy) is 1. The van der Waals surface area contributed by atoms with E-state index in [2.05, 4.69) is 16.3 Å². The van der Waals surface area contributed by atoms with E-state index in [1.807, 2.05) is 24.3 Å². The van der Waals surface area contributed by atoms with Gasteiger partial charge in [0.1, 0.15) is 0 Å². The largest absolute Gasteiger partial charge is 0.410 e. The molecule has 1 saturated heterocycles. The molecule has 1 heterocycles. The molecule has 0 spiro atoms. The van der Waals surface area contributed by atoms with Gasteiger partial charge in [0.2, 0.25) is 0 Å². The van der Waals surface area contributed by atoms with Crippen LogP contribution in [-0.2, 0) is 0 Å². The Balaban J connectivity index is 1.35. The maximum atomic E-state index is 12.6. The summed E-state index contributed by atoms with van der Waals surface area (Å²) >= 11 is 0. The summed E-state index contributed by atoms with van der Waals surface area (Å²) in [5, 5.41) is 2.77. The Bertz CT molecular complexity index is 938. The second kappa shape index (κ2) is 9.13. The fraction of sp³-hybridized carbons (Fsp3) is 0.333. The van der Waals surface area contributed by atoms with Crippen molar-refractivity contribution in [3.63, 3.8) is 0 Å². The summed E-state index contributed by atoms with van der Waals surface area (Å²) in [6.45, 7) is 3.57. The Morgan fingerprint density at radius 3 is 2.43 bits per heavy atom. The molecule has 30 heavy (non-hydrogen) atoms. The summed E-state index contributed by atoms with van der Waals surface area (Å²) < 4.78 is 4.93. The second-order valence-electron chi connectivity index (χ2n) is 8.04. The number of carbonyl (C=O) groups is 2. The van der Waals surface area contributed by atoms with E-state index in [0.717, 1.165) is 37.4 Å². The number of nitrogens with zero attached hydrogens (tertiary/aromatic N) is 1. The first-order valence-electron chi connectivity index (χ1n) is 10.5. The van der Waals surface area contributed by atoms with Crippen LogP contribution in [0.15, 0.2) is 54.1 Å². The Morgan fingerprint density at radius 2 is 1.77 bits per heavy atom. The Labute approximate surface area is 176 Å². The SMILES string of the molecule is NC(=O)Oc1ccccc1NC(=O)c1ccc(C=C2CCN(CC3CC3)CC2)cc1. The molecule has 2 aromatic rings. The second-order valence-corrected chi connectivity index (χ2v) is 8.04. The molecule has 156 valence electrons. The molecular weight excluding hydrogens is 378 g/mol. The van der Waals surface area contributed by atoms with Crippen LogP contribution in [0.1, 0.15) is 41.6 Å². The summed E-state index contributed by atoms with van der Waals surface area (Å²) in [6.07, 6.45) is 6.36. The molecule has 1 aliphatic carbocycles. The van der Waals surface area contributed by atoms with E-state index in [1.165, 1.54) is 25.0 Å². The van der Waals surface area contributed by atoms with E-state index < -0.39 is 6.09 Å². The van der Waals surface area contributed by atoms with Crippen molar-refractivity contribution in [2.45, 2.75) is 25.7 Å². The number of primary amides is 1. The molecule has 1 saturated carbocycles. The Hall–Kier alpha value is -3.12. The summed E-state index contributed by atoms with van der Waals surface area (Å²) in [4.78, 5) is 26.2. The summed E-state index contributed by atoms with van der Waals surface area (Å²) in [6, 6.07) is 14.2. The molecule has 0 bridgehead atoms. The van der Waals surface area contributed by atoms with Crippen molar-refractivity contribution in [3.05, 3.63) is 65.2 Å². The third-order valence-corrected chi connectivity index (χ3v) is 5.60. The molecule has 0 radical (unpaired) electrons. The van der Waals surface area contributed by atoms with Crippen LogP contribution in [0.2, 0.25) is 0 Å². The number of hydrogen-bond donors (Lipinski definition) is 2. The molecule has 2 aliphatic rings. The van der Waals surface area contributed by atoms with Gasteiger partial charge in [0.25, 0.3) is 5.91 Å². The lowest BCUT2D eigenvalue weighted by molar-refractivity contribution is 0.102. The molecule has 1 aliphatic heterocycles. The number of likely N-dealkylation sites (tertiary alicyclic amines) is 1. The number of para-hydroxylation sites is 2. The van der Waals surface area contributed by atoms with Gasteiger partial charge in [-0.25, -0.2) is 4.79 Å². The van der Waals surface area contributed by atoms with E-state index >= 15 is 0 Å². The van der Waals surface area contributed by atoms with Gasteiger partial charge in [-0.2, -0.15) is 0 Å². The number of hydrogen-bond acceptors (Lipinski definition) is 4. The fourth-order valence-corrected chi connectivity index (χ4v) is 3.76. The standard InChI is InChI=1S/C24H27N3O3/c25-24(29)30-22-4-2-1-3-21(22)26-23(28)20-9-7-17(8-10-20)15-18-11-13-27(14-12-18)16-19-5-6-19/h1-4,7-10,15,19H,5-6,11-14,16H2,(H2,25,29)(H,26,28). The van der Waals surface area contributed by atoms with Gasteiger partial charge < -0.3 is 20.7 Å². The van der Waals surface area contributed by atoms with Crippen molar-refractivity contribution in [2.75, 3.05) is 25.0 Å². The third-order valence-electron chi connectivity index (χ3n) is 5.60. The van der Waals surface area contributed by atoms with Crippen molar-refractivity contribution in [3.8, 4) is 5.75 Å². The van der Waals surface area contributed by atoms with E-state index in [9.17, 15) is 9.59 Å². The van der Waals surface area contributed by atoms with Gasteiger partial charge in [0.05, 0.1) is 5.69 Å². The minimum atomic E-state index is -0.924. The van der Waals surface area contributed by atoms with E-state index in [0.29, 0.717) is 11.3 Å². The maximum absolute atomic E-state index is 12.6. The molecule has 2 fully saturated rings. The molecule has 3 N–H and O–H groups in total. The first-order chi connectivity index (χ1) is 14.6. The highest BCUT2D eigenvalue weighted by atomic mass is 16.5. The van der Waals surface area contributed by atoms with Crippen molar-refractivity contribution < 1.29 is 14.3 Å².